The van der Waals surface area contributed by atoms with Crippen molar-refractivity contribution in [2.75, 3.05) is 26.4 Å². The molecular formula is C12H16Cl2N2S2. The smallest absolute Gasteiger partial charge is 0.134 e. The number of rotatable bonds is 5. The molecule has 1 N–H and O–H groups in total. The van der Waals surface area contributed by atoms with Gasteiger partial charge in [-0.15, -0.1) is 0 Å². The fraction of sp³-hybridized carbons (Fsp3) is 0.417. The Morgan fingerprint density at radius 1 is 1.33 bits per heavy atom. The van der Waals surface area contributed by atoms with E-state index in [1.165, 1.54) is 0 Å². The van der Waals surface area contributed by atoms with Gasteiger partial charge >= 0.3 is 0 Å². The van der Waals surface area contributed by atoms with Gasteiger partial charge in [-0.3, -0.25) is 0 Å². The van der Waals surface area contributed by atoms with Crippen LogP contribution >= 0.6 is 47.2 Å². The van der Waals surface area contributed by atoms with E-state index in [0.717, 1.165) is 22.2 Å². The molecule has 0 amide bonds. The zero-order valence-electron chi connectivity index (χ0n) is 10.4. The SMILES string of the molecule is CN(C)CCSC(=S)NCc1ccc(Cl)c(Cl)c1. The average Bonchev–Trinajstić information content (AvgIpc) is 2.30. The largest absolute Gasteiger partial charge is 0.367 e. The lowest BCUT2D eigenvalue weighted by atomic mass is 10.2. The predicted molar refractivity (Wildman–Crippen MR) is 86.9 cm³/mol. The number of nitrogens with zero attached hydrogens (tertiary/aromatic N) is 1. The molecule has 0 heterocycles. The monoisotopic (exact) mass is 322 g/mol. The van der Waals surface area contributed by atoms with Crippen molar-refractivity contribution in [3.8, 4) is 0 Å². The molecule has 0 spiro atoms. The molecule has 0 atom stereocenters. The van der Waals surface area contributed by atoms with Crippen molar-refractivity contribution in [2.45, 2.75) is 6.54 Å². The Morgan fingerprint density at radius 2 is 2.06 bits per heavy atom. The average molecular weight is 323 g/mol. The number of halogens is 2. The van der Waals surface area contributed by atoms with E-state index in [9.17, 15) is 0 Å². The predicted octanol–water partition coefficient (Wildman–Crippen LogP) is 3.66. The van der Waals surface area contributed by atoms with E-state index in [-0.39, 0.29) is 0 Å². The number of hydrogen-bond donors (Lipinski definition) is 1. The summed E-state index contributed by atoms with van der Waals surface area (Å²) in [6.07, 6.45) is 0. The number of thioether (sulfide) groups is 1. The third-order valence-corrected chi connectivity index (χ3v) is 4.22. The summed E-state index contributed by atoms with van der Waals surface area (Å²) < 4.78 is 0.808. The zero-order valence-corrected chi connectivity index (χ0v) is 13.5. The molecule has 0 aliphatic heterocycles. The summed E-state index contributed by atoms with van der Waals surface area (Å²) in [6, 6.07) is 5.58. The summed E-state index contributed by atoms with van der Waals surface area (Å²) in [5.74, 6) is 0.986. The minimum atomic E-state index is 0.571. The van der Waals surface area contributed by atoms with E-state index in [1.54, 1.807) is 17.8 Å². The second-order valence-corrected chi connectivity index (χ2v) is 6.63. The molecule has 0 aromatic heterocycles. The van der Waals surface area contributed by atoms with E-state index < -0.39 is 0 Å². The highest BCUT2D eigenvalue weighted by Gasteiger charge is 2.01. The van der Waals surface area contributed by atoms with Crippen molar-refractivity contribution < 1.29 is 0 Å². The van der Waals surface area contributed by atoms with Gasteiger partial charge in [0.05, 0.1) is 10.0 Å². The Bertz CT molecular complexity index is 411. The van der Waals surface area contributed by atoms with Gasteiger partial charge in [-0.2, -0.15) is 0 Å². The van der Waals surface area contributed by atoms with E-state index in [1.807, 2.05) is 26.2 Å². The van der Waals surface area contributed by atoms with Gasteiger partial charge in [0.15, 0.2) is 0 Å². The lowest BCUT2D eigenvalue weighted by Crippen LogP contribution is -2.21. The Morgan fingerprint density at radius 3 is 2.67 bits per heavy atom. The molecular weight excluding hydrogens is 307 g/mol. The standard InChI is InChI=1S/C12H16Cl2N2S2/c1-16(2)5-6-18-12(17)15-8-9-3-4-10(13)11(14)7-9/h3-4,7H,5-6,8H2,1-2H3,(H,15,17). The lowest BCUT2D eigenvalue weighted by Gasteiger charge is -2.11. The summed E-state index contributed by atoms with van der Waals surface area (Å²) in [5.41, 5.74) is 1.07. The molecule has 1 aromatic rings. The summed E-state index contributed by atoms with van der Waals surface area (Å²) in [4.78, 5) is 2.13. The first-order valence-electron chi connectivity index (χ1n) is 5.48. The number of nitrogens with one attached hydrogen (secondary N) is 1. The number of hydrogen-bond acceptors (Lipinski definition) is 3. The van der Waals surface area contributed by atoms with Crippen LogP contribution in [0.2, 0.25) is 10.0 Å². The van der Waals surface area contributed by atoms with Gasteiger partial charge in [-0.05, 0) is 31.8 Å². The Balaban J connectivity index is 2.31. The third kappa shape index (κ3) is 6.25. The molecule has 0 saturated heterocycles. The molecule has 1 aromatic carbocycles. The third-order valence-electron chi connectivity index (χ3n) is 2.19. The van der Waals surface area contributed by atoms with Crippen LogP contribution in [0.4, 0.5) is 0 Å². The lowest BCUT2D eigenvalue weighted by molar-refractivity contribution is 0.437. The Kier molecular flexibility index (Phi) is 7.34. The molecule has 100 valence electrons. The molecule has 0 fully saturated rings. The first kappa shape index (κ1) is 16.1. The molecule has 0 radical (unpaired) electrons. The highest BCUT2D eigenvalue weighted by atomic mass is 35.5. The second-order valence-electron chi connectivity index (χ2n) is 4.04. The van der Waals surface area contributed by atoms with Crippen molar-refractivity contribution in [3.05, 3.63) is 33.8 Å². The molecule has 18 heavy (non-hydrogen) atoms. The molecule has 0 aliphatic carbocycles. The van der Waals surface area contributed by atoms with Crippen molar-refractivity contribution >= 4 is 51.5 Å². The minimum absolute atomic E-state index is 0.571. The maximum absolute atomic E-state index is 5.94. The second kappa shape index (κ2) is 8.23. The van der Waals surface area contributed by atoms with Gasteiger partial charge in [-0.25, -0.2) is 0 Å². The van der Waals surface area contributed by atoms with Crippen molar-refractivity contribution in [2.24, 2.45) is 0 Å². The minimum Gasteiger partial charge on any atom is -0.367 e. The normalized spacial score (nSPS) is 10.7. The van der Waals surface area contributed by atoms with Gasteiger partial charge in [0.25, 0.3) is 0 Å². The van der Waals surface area contributed by atoms with Gasteiger partial charge in [0, 0.05) is 18.8 Å². The van der Waals surface area contributed by atoms with E-state index in [2.05, 4.69) is 10.2 Å². The van der Waals surface area contributed by atoms with Crippen LogP contribution in [0, 0.1) is 0 Å². The van der Waals surface area contributed by atoms with Crippen molar-refractivity contribution in [1.82, 2.24) is 10.2 Å². The first-order chi connectivity index (χ1) is 8.49. The van der Waals surface area contributed by atoms with Crippen LogP contribution in [0.3, 0.4) is 0 Å². The maximum Gasteiger partial charge on any atom is 0.134 e. The molecule has 2 nitrogen and oxygen atoms in total. The summed E-state index contributed by atoms with van der Waals surface area (Å²) in [5, 5.41) is 4.34. The van der Waals surface area contributed by atoms with Gasteiger partial charge in [-0.1, -0.05) is 53.2 Å². The van der Waals surface area contributed by atoms with Crippen LogP contribution < -0.4 is 5.32 Å². The quantitative estimate of drug-likeness (QED) is 0.832. The first-order valence-corrected chi connectivity index (χ1v) is 7.63. The number of benzene rings is 1. The van der Waals surface area contributed by atoms with Gasteiger partial charge < -0.3 is 10.2 Å². The van der Waals surface area contributed by atoms with Crippen LogP contribution in [-0.2, 0) is 6.54 Å². The van der Waals surface area contributed by atoms with Crippen LogP contribution in [0.25, 0.3) is 0 Å². The molecule has 1 rings (SSSR count). The Hall–Kier alpha value is -0.0000000000000000555. The molecule has 0 saturated carbocycles. The molecule has 0 unspecified atom stereocenters. The maximum atomic E-state index is 5.94. The highest BCUT2D eigenvalue weighted by Crippen LogP contribution is 2.22. The van der Waals surface area contributed by atoms with Crippen LogP contribution in [0.1, 0.15) is 5.56 Å². The van der Waals surface area contributed by atoms with E-state index in [0.29, 0.717) is 16.6 Å². The molecule has 0 bridgehead atoms. The summed E-state index contributed by atoms with van der Waals surface area (Å²) >= 11 is 18.7. The van der Waals surface area contributed by atoms with E-state index >= 15 is 0 Å². The fourth-order valence-corrected chi connectivity index (χ4v) is 2.65. The Labute approximate surface area is 128 Å². The van der Waals surface area contributed by atoms with Crippen molar-refractivity contribution in [1.29, 1.82) is 0 Å². The van der Waals surface area contributed by atoms with Crippen LogP contribution in [0.15, 0.2) is 18.2 Å². The molecule has 6 heteroatoms. The molecule has 0 aliphatic rings. The number of thiocarbonyl (C=S) groups is 1. The fourth-order valence-electron chi connectivity index (χ4n) is 1.20. The van der Waals surface area contributed by atoms with E-state index in [4.69, 9.17) is 35.4 Å². The highest BCUT2D eigenvalue weighted by molar-refractivity contribution is 8.22. The van der Waals surface area contributed by atoms with Gasteiger partial charge in [0.2, 0.25) is 0 Å². The zero-order chi connectivity index (χ0) is 13.5. The van der Waals surface area contributed by atoms with Crippen LogP contribution in [0.5, 0.6) is 0 Å². The van der Waals surface area contributed by atoms with Gasteiger partial charge in [0.1, 0.15) is 4.32 Å². The topological polar surface area (TPSA) is 15.3 Å². The summed E-state index contributed by atoms with van der Waals surface area (Å²) in [7, 11) is 4.10. The van der Waals surface area contributed by atoms with Crippen molar-refractivity contribution in [3.63, 3.8) is 0 Å². The van der Waals surface area contributed by atoms with Crippen LogP contribution in [-0.4, -0.2) is 35.6 Å². The summed E-state index contributed by atoms with van der Waals surface area (Å²) in [6.45, 7) is 1.68.